The molecule has 152 valence electrons. The third-order valence-corrected chi connectivity index (χ3v) is 6.64. The van der Waals surface area contributed by atoms with Crippen LogP contribution in [-0.2, 0) is 6.54 Å². The van der Waals surface area contributed by atoms with E-state index in [4.69, 9.17) is 4.98 Å². The van der Waals surface area contributed by atoms with Gasteiger partial charge in [-0.2, -0.15) is 0 Å². The lowest BCUT2D eigenvalue weighted by molar-refractivity contribution is 0.0395. The number of para-hydroxylation sites is 1. The van der Waals surface area contributed by atoms with E-state index in [9.17, 15) is 9.59 Å². The molecule has 1 saturated heterocycles. The summed E-state index contributed by atoms with van der Waals surface area (Å²) in [5, 5.41) is 2.59. The summed E-state index contributed by atoms with van der Waals surface area (Å²) in [6.07, 6.45) is 0. The first-order valence-corrected chi connectivity index (χ1v) is 11.0. The molecular weight excluding hydrogens is 384 g/mol. The standard InChI is InChI=1S/C22H26N4O2S/c1-4-25-20(23-18-9-6-5-8-17(18)21(25)27)16(3)24-11-12-26(15(2)14-24)22(28)19-10-7-13-29-19/h5-10,13,15-16H,4,11-12,14H2,1-3H3. The topological polar surface area (TPSA) is 58.4 Å². The third kappa shape index (κ3) is 3.60. The second-order valence-electron chi connectivity index (χ2n) is 7.53. The molecular formula is C22H26N4O2S. The number of piperazine rings is 1. The van der Waals surface area contributed by atoms with Gasteiger partial charge in [-0.1, -0.05) is 18.2 Å². The number of aromatic nitrogens is 2. The Kier molecular flexibility index (Phi) is 5.52. The van der Waals surface area contributed by atoms with E-state index in [1.165, 1.54) is 11.3 Å². The van der Waals surface area contributed by atoms with Gasteiger partial charge in [-0.05, 0) is 44.4 Å². The predicted octanol–water partition coefficient (Wildman–Crippen LogP) is 3.39. The summed E-state index contributed by atoms with van der Waals surface area (Å²) in [7, 11) is 0. The van der Waals surface area contributed by atoms with Crippen molar-refractivity contribution in [3.05, 3.63) is 62.8 Å². The molecule has 4 rings (SSSR count). The number of thiophene rings is 1. The minimum Gasteiger partial charge on any atom is -0.333 e. The van der Waals surface area contributed by atoms with Crippen LogP contribution in [0.2, 0.25) is 0 Å². The molecule has 0 aliphatic carbocycles. The van der Waals surface area contributed by atoms with Gasteiger partial charge in [0.15, 0.2) is 0 Å². The fraction of sp³-hybridized carbons (Fsp3) is 0.409. The van der Waals surface area contributed by atoms with Gasteiger partial charge in [0.25, 0.3) is 11.5 Å². The molecule has 0 bridgehead atoms. The number of hydrogen-bond donors (Lipinski definition) is 0. The first-order valence-electron chi connectivity index (χ1n) is 10.1. The summed E-state index contributed by atoms with van der Waals surface area (Å²) < 4.78 is 1.78. The van der Waals surface area contributed by atoms with E-state index >= 15 is 0 Å². The van der Waals surface area contributed by atoms with Crippen molar-refractivity contribution < 1.29 is 4.79 Å². The fourth-order valence-corrected chi connectivity index (χ4v) is 4.83. The molecule has 3 aromatic rings. The molecule has 2 unspecified atom stereocenters. The Morgan fingerprint density at radius 3 is 2.72 bits per heavy atom. The van der Waals surface area contributed by atoms with Crippen LogP contribution in [0.15, 0.2) is 46.6 Å². The highest BCUT2D eigenvalue weighted by Gasteiger charge is 2.32. The van der Waals surface area contributed by atoms with Crippen molar-refractivity contribution in [1.29, 1.82) is 0 Å². The molecule has 3 heterocycles. The number of carbonyl (C=O) groups is 1. The van der Waals surface area contributed by atoms with Gasteiger partial charge in [0.1, 0.15) is 5.82 Å². The molecule has 0 radical (unpaired) electrons. The van der Waals surface area contributed by atoms with Crippen LogP contribution in [0.1, 0.15) is 42.3 Å². The van der Waals surface area contributed by atoms with Crippen LogP contribution in [0.25, 0.3) is 10.9 Å². The van der Waals surface area contributed by atoms with Crippen LogP contribution in [0, 0.1) is 0 Å². The minimum absolute atomic E-state index is 0.00584. The molecule has 7 heteroatoms. The maximum atomic E-state index is 13.0. The van der Waals surface area contributed by atoms with Crippen molar-refractivity contribution in [2.45, 2.75) is 39.4 Å². The van der Waals surface area contributed by atoms with Crippen molar-refractivity contribution in [2.75, 3.05) is 19.6 Å². The second kappa shape index (κ2) is 8.08. The number of nitrogens with zero attached hydrogens (tertiary/aromatic N) is 4. The molecule has 2 atom stereocenters. The van der Waals surface area contributed by atoms with Gasteiger partial charge < -0.3 is 4.90 Å². The quantitative estimate of drug-likeness (QED) is 0.662. The Hall–Kier alpha value is -2.51. The summed E-state index contributed by atoms with van der Waals surface area (Å²) >= 11 is 1.49. The molecule has 0 saturated carbocycles. The number of benzene rings is 1. The average molecular weight is 411 g/mol. The lowest BCUT2D eigenvalue weighted by Gasteiger charge is -2.42. The van der Waals surface area contributed by atoms with E-state index in [0.717, 1.165) is 29.3 Å². The van der Waals surface area contributed by atoms with E-state index in [0.29, 0.717) is 18.5 Å². The fourth-order valence-electron chi connectivity index (χ4n) is 4.15. The monoisotopic (exact) mass is 410 g/mol. The molecule has 2 aromatic heterocycles. The largest absolute Gasteiger partial charge is 0.333 e. The van der Waals surface area contributed by atoms with Crippen LogP contribution in [0.4, 0.5) is 0 Å². The number of fused-ring (bicyclic) bond motifs is 1. The van der Waals surface area contributed by atoms with Gasteiger partial charge in [-0.25, -0.2) is 4.98 Å². The smallest absolute Gasteiger partial charge is 0.264 e. The van der Waals surface area contributed by atoms with Gasteiger partial charge in [0, 0.05) is 32.2 Å². The molecule has 29 heavy (non-hydrogen) atoms. The van der Waals surface area contributed by atoms with E-state index in [1.54, 1.807) is 4.57 Å². The highest BCUT2D eigenvalue weighted by molar-refractivity contribution is 7.12. The zero-order valence-electron chi connectivity index (χ0n) is 17.0. The maximum Gasteiger partial charge on any atom is 0.264 e. The van der Waals surface area contributed by atoms with Crippen LogP contribution in [0.3, 0.4) is 0 Å². The first kappa shape index (κ1) is 19.8. The molecule has 6 nitrogen and oxygen atoms in total. The van der Waals surface area contributed by atoms with Crippen LogP contribution in [0.5, 0.6) is 0 Å². The highest BCUT2D eigenvalue weighted by Crippen LogP contribution is 2.25. The predicted molar refractivity (Wildman–Crippen MR) is 116 cm³/mol. The van der Waals surface area contributed by atoms with Gasteiger partial charge in [-0.15, -0.1) is 11.3 Å². The van der Waals surface area contributed by atoms with Gasteiger partial charge in [0.05, 0.1) is 21.8 Å². The summed E-state index contributed by atoms with van der Waals surface area (Å²) in [5.74, 6) is 0.899. The van der Waals surface area contributed by atoms with Crippen molar-refractivity contribution >= 4 is 28.1 Å². The Bertz CT molecular complexity index is 1080. The Morgan fingerprint density at radius 2 is 2.03 bits per heavy atom. The van der Waals surface area contributed by atoms with Crippen molar-refractivity contribution in [2.24, 2.45) is 0 Å². The van der Waals surface area contributed by atoms with E-state index in [-0.39, 0.29) is 23.6 Å². The van der Waals surface area contributed by atoms with Crippen LogP contribution < -0.4 is 5.56 Å². The Balaban J connectivity index is 1.59. The average Bonchev–Trinajstić information content (AvgIpc) is 3.27. The maximum absolute atomic E-state index is 13.0. The number of hydrogen-bond acceptors (Lipinski definition) is 5. The molecule has 1 aliphatic rings. The van der Waals surface area contributed by atoms with Gasteiger partial charge in [-0.3, -0.25) is 19.1 Å². The number of carbonyl (C=O) groups excluding carboxylic acids is 1. The lowest BCUT2D eigenvalue weighted by Crippen LogP contribution is -2.54. The Morgan fingerprint density at radius 1 is 1.24 bits per heavy atom. The molecule has 0 spiro atoms. The van der Waals surface area contributed by atoms with E-state index < -0.39 is 0 Å². The highest BCUT2D eigenvalue weighted by atomic mass is 32.1. The molecule has 1 aromatic carbocycles. The van der Waals surface area contributed by atoms with E-state index in [1.807, 2.05) is 53.6 Å². The molecule has 1 amide bonds. The van der Waals surface area contributed by atoms with Crippen molar-refractivity contribution in [3.8, 4) is 0 Å². The van der Waals surface area contributed by atoms with Crippen molar-refractivity contribution in [1.82, 2.24) is 19.4 Å². The summed E-state index contributed by atoms with van der Waals surface area (Å²) in [4.78, 5) is 35.6. The molecule has 1 aliphatic heterocycles. The normalized spacial score (nSPS) is 18.9. The Labute approximate surface area is 174 Å². The SMILES string of the molecule is CCn1c(C(C)N2CCN(C(=O)c3cccs3)C(C)C2)nc2ccccc2c1=O. The van der Waals surface area contributed by atoms with Crippen molar-refractivity contribution in [3.63, 3.8) is 0 Å². The third-order valence-electron chi connectivity index (χ3n) is 5.78. The summed E-state index contributed by atoms with van der Waals surface area (Å²) in [6, 6.07) is 11.4. The molecule has 0 N–H and O–H groups in total. The number of rotatable bonds is 4. The van der Waals surface area contributed by atoms with Gasteiger partial charge in [0.2, 0.25) is 0 Å². The van der Waals surface area contributed by atoms with E-state index in [2.05, 4.69) is 18.7 Å². The molecule has 1 fully saturated rings. The summed E-state index contributed by atoms with van der Waals surface area (Å²) in [6.45, 7) is 8.94. The zero-order valence-corrected chi connectivity index (χ0v) is 17.9. The second-order valence-corrected chi connectivity index (χ2v) is 8.48. The summed E-state index contributed by atoms with van der Waals surface area (Å²) in [5.41, 5.74) is 0.753. The van der Waals surface area contributed by atoms with Crippen LogP contribution >= 0.6 is 11.3 Å². The minimum atomic E-state index is -0.00584. The van der Waals surface area contributed by atoms with Crippen LogP contribution in [-0.4, -0.2) is 50.9 Å². The lowest BCUT2D eigenvalue weighted by atomic mass is 10.1. The number of amides is 1. The van der Waals surface area contributed by atoms with Gasteiger partial charge >= 0.3 is 0 Å². The zero-order chi connectivity index (χ0) is 20.5. The first-order chi connectivity index (χ1) is 14.0.